The lowest BCUT2D eigenvalue weighted by Crippen LogP contribution is -2.26. The maximum absolute atomic E-state index is 12.2. The average molecular weight is 283 g/mol. The highest BCUT2D eigenvalue weighted by molar-refractivity contribution is 6.04. The largest absolute Gasteiger partial charge is 0.346 e. The second-order valence-electron chi connectivity index (χ2n) is 4.65. The summed E-state index contributed by atoms with van der Waals surface area (Å²) in [5, 5.41) is 14.0. The summed E-state index contributed by atoms with van der Waals surface area (Å²) in [4.78, 5) is 23.9. The number of aromatic nitrogens is 4. The molecule has 0 unspecified atom stereocenters. The Morgan fingerprint density at radius 1 is 1.33 bits per heavy atom. The lowest BCUT2D eigenvalue weighted by Gasteiger charge is -2.05. The number of nitrogens with zero attached hydrogens (tertiary/aromatic N) is 3. The van der Waals surface area contributed by atoms with Gasteiger partial charge in [-0.1, -0.05) is 18.2 Å². The number of rotatable bonds is 3. The van der Waals surface area contributed by atoms with Crippen molar-refractivity contribution in [3.05, 3.63) is 58.3 Å². The van der Waals surface area contributed by atoms with Crippen molar-refractivity contribution >= 4 is 16.7 Å². The molecule has 2 N–H and O–H groups in total. The first-order valence-corrected chi connectivity index (χ1v) is 6.38. The highest BCUT2D eigenvalue weighted by atomic mass is 16.2. The third-order valence-corrected chi connectivity index (χ3v) is 3.12. The van der Waals surface area contributed by atoms with Crippen molar-refractivity contribution in [3.8, 4) is 0 Å². The first kappa shape index (κ1) is 13.0. The third kappa shape index (κ3) is 2.53. The van der Waals surface area contributed by atoms with Crippen molar-refractivity contribution in [2.24, 2.45) is 7.05 Å². The van der Waals surface area contributed by atoms with Crippen LogP contribution in [0.25, 0.3) is 10.8 Å². The Bertz CT molecular complexity index is 865. The van der Waals surface area contributed by atoms with Crippen molar-refractivity contribution in [2.75, 3.05) is 0 Å². The summed E-state index contributed by atoms with van der Waals surface area (Å²) in [5.41, 5.74) is 0.781. The summed E-state index contributed by atoms with van der Waals surface area (Å²) in [7, 11) is 1.81. The van der Waals surface area contributed by atoms with E-state index in [1.165, 1.54) is 0 Å². The molecule has 0 aliphatic rings. The fourth-order valence-corrected chi connectivity index (χ4v) is 2.12. The number of nitrogens with one attached hydrogen (secondary N) is 2. The number of H-pyrrole nitrogens is 1. The van der Waals surface area contributed by atoms with E-state index < -0.39 is 0 Å². The van der Waals surface area contributed by atoms with E-state index in [1.807, 2.05) is 13.2 Å². The van der Waals surface area contributed by atoms with Crippen LogP contribution in [0.2, 0.25) is 0 Å². The van der Waals surface area contributed by atoms with Crippen molar-refractivity contribution in [1.82, 2.24) is 25.3 Å². The topological polar surface area (TPSA) is 92.7 Å². The van der Waals surface area contributed by atoms with Gasteiger partial charge < -0.3 is 5.32 Å². The molecule has 0 spiro atoms. The van der Waals surface area contributed by atoms with Crippen LogP contribution in [0.1, 0.15) is 16.1 Å². The Kier molecular flexibility index (Phi) is 3.23. The summed E-state index contributed by atoms with van der Waals surface area (Å²) < 4.78 is 1.66. The van der Waals surface area contributed by atoms with Crippen LogP contribution in [0.15, 0.2) is 41.5 Å². The molecule has 1 amide bonds. The molecule has 21 heavy (non-hydrogen) atoms. The first-order valence-electron chi connectivity index (χ1n) is 6.38. The van der Waals surface area contributed by atoms with Gasteiger partial charge in [0.25, 0.3) is 11.5 Å². The van der Waals surface area contributed by atoms with E-state index >= 15 is 0 Å². The SMILES string of the molecule is Cn1cc(CNC(=O)c2n[nH]c(=O)c3ccccc23)cn1. The number of aryl methyl sites for hydroxylation is 1. The molecule has 0 aliphatic carbocycles. The second kappa shape index (κ2) is 5.20. The standard InChI is InChI=1S/C14H13N5O2/c1-19-8-9(7-16-19)6-15-14(21)12-10-4-2-3-5-11(10)13(20)18-17-12/h2-5,7-8H,6H2,1H3,(H,15,21)(H,18,20). The molecule has 0 radical (unpaired) electrons. The molecule has 7 heteroatoms. The third-order valence-electron chi connectivity index (χ3n) is 3.12. The van der Waals surface area contributed by atoms with Crippen LogP contribution in [0, 0.1) is 0 Å². The maximum atomic E-state index is 12.2. The van der Waals surface area contributed by atoms with E-state index in [-0.39, 0.29) is 17.2 Å². The molecule has 0 aliphatic heterocycles. The Labute approximate surface area is 119 Å². The Balaban J connectivity index is 1.88. The Morgan fingerprint density at radius 3 is 2.81 bits per heavy atom. The van der Waals surface area contributed by atoms with E-state index in [2.05, 4.69) is 20.6 Å². The van der Waals surface area contributed by atoms with Crippen LogP contribution in [0.3, 0.4) is 0 Å². The molecule has 106 valence electrons. The second-order valence-corrected chi connectivity index (χ2v) is 4.65. The van der Waals surface area contributed by atoms with Crippen molar-refractivity contribution in [2.45, 2.75) is 6.54 Å². The van der Waals surface area contributed by atoms with Gasteiger partial charge in [0.2, 0.25) is 0 Å². The molecule has 7 nitrogen and oxygen atoms in total. The van der Waals surface area contributed by atoms with Crippen molar-refractivity contribution < 1.29 is 4.79 Å². The van der Waals surface area contributed by atoms with Crippen LogP contribution in [0.5, 0.6) is 0 Å². The number of carbonyl (C=O) groups is 1. The van der Waals surface area contributed by atoms with Crippen LogP contribution >= 0.6 is 0 Å². The van der Waals surface area contributed by atoms with Gasteiger partial charge >= 0.3 is 0 Å². The van der Waals surface area contributed by atoms with E-state index in [0.717, 1.165) is 5.56 Å². The fraction of sp³-hybridized carbons (Fsp3) is 0.143. The minimum absolute atomic E-state index is 0.203. The van der Waals surface area contributed by atoms with Gasteiger partial charge in [0.05, 0.1) is 11.6 Å². The van der Waals surface area contributed by atoms with Gasteiger partial charge in [0.15, 0.2) is 5.69 Å². The van der Waals surface area contributed by atoms with Crippen molar-refractivity contribution in [1.29, 1.82) is 0 Å². The fourth-order valence-electron chi connectivity index (χ4n) is 2.12. The predicted octanol–water partition coefficient (Wildman–Crippen LogP) is 0.587. The monoisotopic (exact) mass is 283 g/mol. The van der Waals surface area contributed by atoms with E-state index in [4.69, 9.17) is 0 Å². The quantitative estimate of drug-likeness (QED) is 0.735. The van der Waals surface area contributed by atoms with Gasteiger partial charge in [-0.2, -0.15) is 10.2 Å². The van der Waals surface area contributed by atoms with E-state index in [9.17, 15) is 9.59 Å². The normalized spacial score (nSPS) is 10.7. The number of aromatic amines is 1. The molecule has 3 aromatic rings. The summed E-state index contributed by atoms with van der Waals surface area (Å²) in [6, 6.07) is 6.88. The molecular formula is C14H13N5O2. The molecule has 3 rings (SSSR count). The van der Waals surface area contributed by atoms with Crippen LogP contribution in [-0.4, -0.2) is 25.9 Å². The van der Waals surface area contributed by atoms with Gasteiger partial charge in [-0.3, -0.25) is 14.3 Å². The minimum Gasteiger partial charge on any atom is -0.346 e. The molecule has 0 saturated heterocycles. The molecule has 0 atom stereocenters. The molecule has 0 bridgehead atoms. The van der Waals surface area contributed by atoms with Gasteiger partial charge in [-0.15, -0.1) is 0 Å². The zero-order valence-electron chi connectivity index (χ0n) is 11.3. The summed E-state index contributed by atoms with van der Waals surface area (Å²) in [6.45, 7) is 0.349. The van der Waals surface area contributed by atoms with Gasteiger partial charge in [-0.05, 0) is 6.07 Å². The Morgan fingerprint density at radius 2 is 2.10 bits per heavy atom. The zero-order valence-corrected chi connectivity index (χ0v) is 11.3. The van der Waals surface area contributed by atoms with Crippen LogP contribution in [0.4, 0.5) is 0 Å². The van der Waals surface area contributed by atoms with Gasteiger partial charge in [0, 0.05) is 30.7 Å². The van der Waals surface area contributed by atoms with E-state index in [1.54, 1.807) is 35.1 Å². The Hall–Kier alpha value is -2.96. The number of fused-ring (bicyclic) bond motifs is 1. The lowest BCUT2D eigenvalue weighted by atomic mass is 10.1. The van der Waals surface area contributed by atoms with Gasteiger partial charge in [-0.25, -0.2) is 5.10 Å². The number of carbonyl (C=O) groups excluding carboxylic acids is 1. The lowest BCUT2D eigenvalue weighted by molar-refractivity contribution is 0.0946. The summed E-state index contributed by atoms with van der Waals surface area (Å²) in [6.07, 6.45) is 3.50. The highest BCUT2D eigenvalue weighted by Crippen LogP contribution is 2.12. The smallest absolute Gasteiger partial charge is 0.272 e. The molecule has 0 saturated carbocycles. The number of amides is 1. The number of hydrogen-bond donors (Lipinski definition) is 2. The molecule has 2 heterocycles. The molecule has 1 aromatic carbocycles. The zero-order chi connectivity index (χ0) is 14.8. The molecule has 0 fully saturated rings. The average Bonchev–Trinajstić information content (AvgIpc) is 2.91. The highest BCUT2D eigenvalue weighted by Gasteiger charge is 2.13. The van der Waals surface area contributed by atoms with E-state index in [0.29, 0.717) is 17.3 Å². The van der Waals surface area contributed by atoms with Crippen molar-refractivity contribution in [3.63, 3.8) is 0 Å². The predicted molar refractivity (Wildman–Crippen MR) is 76.7 cm³/mol. The molecule has 2 aromatic heterocycles. The number of benzene rings is 1. The van der Waals surface area contributed by atoms with Gasteiger partial charge in [0.1, 0.15) is 0 Å². The maximum Gasteiger partial charge on any atom is 0.272 e. The summed E-state index contributed by atoms with van der Waals surface area (Å²) >= 11 is 0. The summed E-state index contributed by atoms with van der Waals surface area (Å²) in [5.74, 6) is -0.341. The van der Waals surface area contributed by atoms with Crippen LogP contribution in [-0.2, 0) is 13.6 Å². The van der Waals surface area contributed by atoms with Crippen LogP contribution < -0.4 is 10.9 Å². The molecular weight excluding hydrogens is 270 g/mol. The minimum atomic E-state index is -0.341. The first-order chi connectivity index (χ1) is 10.1. The number of hydrogen-bond acceptors (Lipinski definition) is 4.